The van der Waals surface area contributed by atoms with Crippen LogP contribution in [0.3, 0.4) is 0 Å². The van der Waals surface area contributed by atoms with E-state index in [-0.39, 0.29) is 23.5 Å². The number of fused-ring (bicyclic) bond motifs is 5. The predicted molar refractivity (Wildman–Crippen MR) is 149 cm³/mol. The Kier molecular flexibility index (Phi) is 6.21. The average Bonchev–Trinajstić information content (AvgIpc) is 3.18. The van der Waals surface area contributed by atoms with Gasteiger partial charge in [0.1, 0.15) is 0 Å². The van der Waals surface area contributed by atoms with Crippen molar-refractivity contribution in [2.75, 3.05) is 6.26 Å². The van der Waals surface area contributed by atoms with Crippen molar-refractivity contribution in [1.29, 1.82) is 5.26 Å². The standard InChI is InChI=1S/C33H35NO2S/c1-32-20-29(23-5-3-21(4-6-23)22-7-11-26(37-2)12-8-22)31-27-14-10-25(35)19-24(27)9-13-28(31)30(32)15-16-33(32,36)17-18-34/h3-9,11-13,19,27-31,36H,10,14-17,20H2,1-2H3/t27-,28-,29+,30-,31+,32-,33+/m0/s1. The van der Waals surface area contributed by atoms with E-state index in [1.807, 2.05) is 6.08 Å². The number of nitrogens with zero attached hydrogens (tertiary/aromatic N) is 1. The largest absolute Gasteiger partial charge is 0.388 e. The molecule has 2 fully saturated rings. The topological polar surface area (TPSA) is 61.1 Å². The van der Waals surface area contributed by atoms with Crippen LogP contribution in [0.5, 0.6) is 0 Å². The van der Waals surface area contributed by atoms with Gasteiger partial charge in [-0.25, -0.2) is 0 Å². The number of hydrogen-bond acceptors (Lipinski definition) is 4. The summed E-state index contributed by atoms with van der Waals surface area (Å²) in [5.41, 5.74) is 3.69. The summed E-state index contributed by atoms with van der Waals surface area (Å²) in [5.74, 6) is 2.02. The van der Waals surface area contributed by atoms with E-state index in [0.717, 1.165) is 19.3 Å². The summed E-state index contributed by atoms with van der Waals surface area (Å²) in [7, 11) is 0. The smallest absolute Gasteiger partial charge is 0.155 e. The molecule has 4 aliphatic rings. The van der Waals surface area contributed by atoms with Gasteiger partial charge in [-0.3, -0.25) is 4.79 Å². The molecule has 0 aromatic heterocycles. The first-order chi connectivity index (χ1) is 17.9. The lowest BCUT2D eigenvalue weighted by Gasteiger charge is -2.57. The molecule has 0 saturated heterocycles. The van der Waals surface area contributed by atoms with Gasteiger partial charge in [0.25, 0.3) is 0 Å². The summed E-state index contributed by atoms with van der Waals surface area (Å²) in [5, 5.41) is 21.4. The molecule has 0 heterocycles. The van der Waals surface area contributed by atoms with Crippen LogP contribution in [0.1, 0.15) is 56.9 Å². The van der Waals surface area contributed by atoms with Gasteiger partial charge in [0.2, 0.25) is 0 Å². The van der Waals surface area contributed by atoms with Crippen LogP contribution in [-0.2, 0) is 4.79 Å². The third-order valence-electron chi connectivity index (χ3n) is 10.3. The quantitative estimate of drug-likeness (QED) is 0.438. The van der Waals surface area contributed by atoms with E-state index in [1.165, 1.54) is 27.2 Å². The van der Waals surface area contributed by atoms with Crippen LogP contribution in [-0.4, -0.2) is 22.7 Å². The van der Waals surface area contributed by atoms with Gasteiger partial charge in [-0.1, -0.05) is 55.5 Å². The van der Waals surface area contributed by atoms with Crippen LogP contribution < -0.4 is 0 Å². The summed E-state index contributed by atoms with van der Waals surface area (Å²) in [6, 6.07) is 20.1. The van der Waals surface area contributed by atoms with Gasteiger partial charge in [0, 0.05) is 16.7 Å². The van der Waals surface area contributed by atoms with Crippen LogP contribution in [0, 0.1) is 40.4 Å². The third-order valence-corrected chi connectivity index (χ3v) is 11.1. The maximum absolute atomic E-state index is 12.3. The Labute approximate surface area is 224 Å². The summed E-state index contributed by atoms with van der Waals surface area (Å²) in [6.07, 6.45) is 12.8. The highest BCUT2D eigenvalue weighted by Crippen LogP contribution is 2.67. The fraction of sp³-hybridized carbons (Fsp3) is 0.455. The molecular weight excluding hydrogens is 474 g/mol. The van der Waals surface area contributed by atoms with E-state index in [2.05, 4.69) is 79.9 Å². The summed E-state index contributed by atoms with van der Waals surface area (Å²) in [6.45, 7) is 2.25. The van der Waals surface area contributed by atoms with E-state index in [1.54, 1.807) is 11.8 Å². The van der Waals surface area contributed by atoms with Crippen molar-refractivity contribution in [3.8, 4) is 17.2 Å². The first-order valence-electron chi connectivity index (χ1n) is 13.6. The normalized spacial score (nSPS) is 36.2. The summed E-state index contributed by atoms with van der Waals surface area (Å²) < 4.78 is 0. The van der Waals surface area contributed by atoms with Crippen molar-refractivity contribution in [2.24, 2.45) is 29.1 Å². The Hall–Kier alpha value is -2.61. The molecule has 0 radical (unpaired) electrons. The number of allylic oxidation sites excluding steroid dienone is 4. The van der Waals surface area contributed by atoms with Crippen LogP contribution in [0.2, 0.25) is 0 Å². The molecule has 37 heavy (non-hydrogen) atoms. The third kappa shape index (κ3) is 3.94. The molecule has 6 rings (SSSR count). The SMILES string of the molecule is CSc1ccc(-c2ccc([C@H]3C[C@@]4(C)[C@@H](CC[C@@]4(O)CC#N)[C@@H]4C=CC5=CC(=O)CC[C@@H]5[C@H]43)cc2)cc1. The number of ketones is 1. The van der Waals surface area contributed by atoms with Gasteiger partial charge in [0.05, 0.1) is 18.1 Å². The van der Waals surface area contributed by atoms with Gasteiger partial charge in [-0.05, 0) is 102 Å². The lowest BCUT2D eigenvalue weighted by molar-refractivity contribution is -0.117. The van der Waals surface area contributed by atoms with Crippen molar-refractivity contribution in [3.63, 3.8) is 0 Å². The Morgan fingerprint density at radius 1 is 1.05 bits per heavy atom. The lowest BCUT2D eigenvalue weighted by atomic mass is 9.48. The molecule has 0 spiro atoms. The Balaban J connectivity index is 1.41. The van der Waals surface area contributed by atoms with E-state index in [9.17, 15) is 15.2 Å². The van der Waals surface area contributed by atoms with Gasteiger partial charge in [0.15, 0.2) is 5.78 Å². The molecule has 0 amide bonds. The van der Waals surface area contributed by atoms with Gasteiger partial charge < -0.3 is 5.11 Å². The maximum atomic E-state index is 12.3. The van der Waals surface area contributed by atoms with Crippen molar-refractivity contribution in [3.05, 3.63) is 77.9 Å². The molecule has 7 atom stereocenters. The molecule has 2 aromatic carbocycles. The molecule has 3 nitrogen and oxygen atoms in total. The molecule has 4 aliphatic carbocycles. The minimum atomic E-state index is -0.943. The summed E-state index contributed by atoms with van der Waals surface area (Å²) >= 11 is 1.75. The highest BCUT2D eigenvalue weighted by atomic mass is 32.2. The first-order valence-corrected chi connectivity index (χ1v) is 14.9. The predicted octanol–water partition coefficient (Wildman–Crippen LogP) is 7.33. The van der Waals surface area contributed by atoms with E-state index < -0.39 is 5.60 Å². The fourth-order valence-electron chi connectivity index (χ4n) is 8.35. The number of carbonyl (C=O) groups excluding carboxylic acids is 1. The minimum absolute atomic E-state index is 0.196. The summed E-state index contributed by atoms with van der Waals surface area (Å²) in [4.78, 5) is 13.5. The Bertz CT molecular complexity index is 1300. The molecule has 2 aromatic rings. The molecule has 2 saturated carbocycles. The number of aliphatic hydroxyl groups is 1. The molecule has 190 valence electrons. The van der Waals surface area contributed by atoms with Crippen molar-refractivity contribution >= 4 is 17.5 Å². The van der Waals surface area contributed by atoms with Gasteiger partial charge in [-0.15, -0.1) is 11.8 Å². The fourth-order valence-corrected chi connectivity index (χ4v) is 8.76. The number of hydrogen-bond donors (Lipinski definition) is 1. The van der Waals surface area contributed by atoms with E-state index in [0.29, 0.717) is 36.5 Å². The molecule has 4 heteroatoms. The number of benzene rings is 2. The highest BCUT2D eigenvalue weighted by Gasteiger charge is 2.64. The van der Waals surface area contributed by atoms with Crippen LogP contribution in [0.15, 0.2) is 77.2 Å². The van der Waals surface area contributed by atoms with E-state index in [4.69, 9.17) is 0 Å². The second-order valence-corrected chi connectivity index (χ2v) is 12.7. The molecule has 0 unspecified atom stereocenters. The van der Waals surface area contributed by atoms with Crippen molar-refractivity contribution in [2.45, 2.75) is 61.9 Å². The highest BCUT2D eigenvalue weighted by molar-refractivity contribution is 7.98. The zero-order valence-electron chi connectivity index (χ0n) is 21.7. The number of carbonyl (C=O) groups is 1. The average molecular weight is 510 g/mol. The molecular formula is C33H35NO2S. The van der Waals surface area contributed by atoms with E-state index >= 15 is 0 Å². The number of rotatable bonds is 4. The zero-order chi connectivity index (χ0) is 25.8. The first kappa shape index (κ1) is 24.7. The molecule has 1 N–H and O–H groups in total. The Morgan fingerprint density at radius 3 is 2.43 bits per heavy atom. The Morgan fingerprint density at radius 2 is 1.76 bits per heavy atom. The van der Waals surface area contributed by atoms with Crippen LogP contribution in [0.4, 0.5) is 0 Å². The number of thioether (sulfide) groups is 1. The van der Waals surface area contributed by atoms with Crippen LogP contribution in [0.25, 0.3) is 11.1 Å². The van der Waals surface area contributed by atoms with Gasteiger partial charge >= 0.3 is 0 Å². The monoisotopic (exact) mass is 509 g/mol. The van der Waals surface area contributed by atoms with Crippen LogP contribution >= 0.6 is 11.8 Å². The maximum Gasteiger partial charge on any atom is 0.155 e. The number of nitriles is 1. The lowest BCUT2D eigenvalue weighted by Crippen LogP contribution is -2.54. The molecule has 0 bridgehead atoms. The zero-order valence-corrected chi connectivity index (χ0v) is 22.5. The minimum Gasteiger partial charge on any atom is -0.388 e. The second kappa shape index (κ2) is 9.29. The van der Waals surface area contributed by atoms with Crippen molar-refractivity contribution < 1.29 is 9.90 Å². The second-order valence-electron chi connectivity index (χ2n) is 11.9. The van der Waals surface area contributed by atoms with Crippen molar-refractivity contribution in [1.82, 2.24) is 0 Å². The van der Waals surface area contributed by atoms with Gasteiger partial charge in [-0.2, -0.15) is 5.26 Å². The molecule has 0 aliphatic heterocycles.